The molecule has 0 atom stereocenters. The Hall–Kier alpha value is -1.36. The molecular weight excluding hydrogens is 184 g/mol. The van der Waals surface area contributed by atoms with Crippen LogP contribution in [0, 0.1) is 22.2 Å². The van der Waals surface area contributed by atoms with Crippen LogP contribution in [0.1, 0.15) is 5.56 Å². The Morgan fingerprint density at radius 3 is 2.67 bits per heavy atom. The van der Waals surface area contributed by atoms with Crippen LogP contribution in [0.15, 0.2) is 12.3 Å². The van der Waals surface area contributed by atoms with Crippen molar-refractivity contribution in [1.29, 1.82) is 0 Å². The molecule has 5 nitrogen and oxygen atoms in total. The molecule has 0 spiro atoms. The predicted octanol–water partition coefficient (Wildman–Crippen LogP) is 1.19. The summed E-state index contributed by atoms with van der Waals surface area (Å²) in [5.41, 5.74) is 0.132. The van der Waals surface area contributed by atoms with Crippen molar-refractivity contribution >= 4 is 17.3 Å². The molecule has 0 aliphatic carbocycles. The van der Waals surface area contributed by atoms with E-state index < -0.39 is 4.92 Å². The highest BCUT2D eigenvalue weighted by Gasteiger charge is 2.15. The molecule has 0 fully saturated rings. The van der Waals surface area contributed by atoms with Crippen molar-refractivity contribution in [3.8, 4) is 0 Å². The van der Waals surface area contributed by atoms with Gasteiger partial charge in [-0.2, -0.15) is 4.73 Å². The van der Waals surface area contributed by atoms with E-state index in [9.17, 15) is 15.3 Å². The smallest absolute Gasteiger partial charge is 0.334 e. The van der Waals surface area contributed by atoms with Gasteiger partial charge in [0.2, 0.25) is 0 Å². The molecule has 0 N–H and O–H groups in total. The van der Waals surface area contributed by atoms with Gasteiger partial charge in [0, 0.05) is 11.6 Å². The van der Waals surface area contributed by atoms with E-state index in [0.29, 0.717) is 5.56 Å². The van der Waals surface area contributed by atoms with Gasteiger partial charge in [0.05, 0.1) is 4.92 Å². The molecule has 1 heterocycles. The van der Waals surface area contributed by atoms with Crippen molar-refractivity contribution in [2.24, 2.45) is 0 Å². The average molecular weight is 189 g/mol. The van der Waals surface area contributed by atoms with Crippen molar-refractivity contribution < 1.29 is 9.65 Å². The second kappa shape index (κ2) is 2.94. The fourth-order valence-electron chi connectivity index (χ4n) is 0.769. The first kappa shape index (κ1) is 8.73. The Labute approximate surface area is 72.9 Å². The van der Waals surface area contributed by atoms with Crippen LogP contribution in [0.4, 0.5) is 5.69 Å². The Kier molecular flexibility index (Phi) is 2.14. The van der Waals surface area contributed by atoms with E-state index in [1.807, 2.05) is 0 Å². The summed E-state index contributed by atoms with van der Waals surface area (Å²) in [5.74, 6) is 0. The third kappa shape index (κ3) is 1.45. The molecule has 0 unspecified atom stereocenters. The monoisotopic (exact) mass is 188 g/mol. The molecular formula is C6H5ClN2O3. The van der Waals surface area contributed by atoms with Gasteiger partial charge in [-0.3, -0.25) is 10.1 Å². The van der Waals surface area contributed by atoms with Crippen molar-refractivity contribution in [1.82, 2.24) is 0 Å². The first-order chi connectivity index (χ1) is 5.52. The standard InChI is InChI=1S/C6H5ClN2O3/c1-4-2-5(9(11)12)3-8(10)6(4)7/h2-3H,1H3. The molecule has 0 aromatic carbocycles. The van der Waals surface area contributed by atoms with Crippen LogP contribution in [0.5, 0.6) is 0 Å². The third-order valence-electron chi connectivity index (χ3n) is 1.34. The van der Waals surface area contributed by atoms with Gasteiger partial charge in [0.25, 0.3) is 11.3 Å². The lowest BCUT2D eigenvalue weighted by Crippen LogP contribution is -2.28. The summed E-state index contributed by atoms with van der Waals surface area (Å²) in [5, 5.41) is 21.0. The third-order valence-corrected chi connectivity index (χ3v) is 1.81. The molecule has 1 rings (SSSR count). The number of hydrogen-bond acceptors (Lipinski definition) is 3. The fraction of sp³-hybridized carbons (Fsp3) is 0.167. The topological polar surface area (TPSA) is 70.1 Å². The van der Waals surface area contributed by atoms with Crippen LogP contribution >= 0.6 is 11.6 Å². The molecule has 64 valence electrons. The van der Waals surface area contributed by atoms with Gasteiger partial charge in [-0.1, -0.05) is 0 Å². The lowest BCUT2D eigenvalue weighted by molar-refractivity contribution is -0.607. The van der Waals surface area contributed by atoms with Gasteiger partial charge in [-0.15, -0.1) is 0 Å². The fourth-order valence-corrected chi connectivity index (χ4v) is 0.872. The molecule has 6 heteroatoms. The summed E-state index contributed by atoms with van der Waals surface area (Å²) >= 11 is 5.48. The van der Waals surface area contributed by atoms with Gasteiger partial charge in [-0.25, -0.2) is 0 Å². The lowest BCUT2D eigenvalue weighted by Gasteiger charge is -1.99. The Morgan fingerprint density at radius 1 is 1.67 bits per heavy atom. The molecule has 0 aliphatic heterocycles. The minimum absolute atomic E-state index is 0.0411. The van der Waals surface area contributed by atoms with E-state index in [0.717, 1.165) is 6.20 Å². The highest BCUT2D eigenvalue weighted by Crippen LogP contribution is 2.15. The maximum Gasteiger partial charge on any atom is 0.334 e. The molecule has 1 aromatic rings. The minimum atomic E-state index is -0.641. The number of halogens is 1. The first-order valence-electron chi connectivity index (χ1n) is 3.06. The Bertz CT molecular complexity index is 317. The molecule has 0 amide bonds. The largest absolute Gasteiger partial charge is 0.617 e. The van der Waals surface area contributed by atoms with Crippen LogP contribution < -0.4 is 4.73 Å². The summed E-state index contributed by atoms with van der Waals surface area (Å²) in [7, 11) is 0. The van der Waals surface area contributed by atoms with Gasteiger partial charge in [0.1, 0.15) is 0 Å². The maximum atomic E-state index is 10.8. The van der Waals surface area contributed by atoms with Gasteiger partial charge >= 0.3 is 5.69 Å². The Balaban J connectivity index is 3.31. The van der Waals surface area contributed by atoms with Crippen LogP contribution in [0.2, 0.25) is 5.15 Å². The summed E-state index contributed by atoms with van der Waals surface area (Å²) in [6.45, 7) is 1.53. The van der Waals surface area contributed by atoms with E-state index in [4.69, 9.17) is 11.6 Å². The highest BCUT2D eigenvalue weighted by atomic mass is 35.5. The van der Waals surface area contributed by atoms with E-state index in [-0.39, 0.29) is 15.6 Å². The zero-order chi connectivity index (χ0) is 9.30. The summed E-state index contributed by atoms with van der Waals surface area (Å²) in [6.07, 6.45) is 0.829. The SMILES string of the molecule is Cc1cc([N+](=O)[O-])c[n+]([O-])c1Cl. The van der Waals surface area contributed by atoms with E-state index >= 15 is 0 Å². The lowest BCUT2D eigenvalue weighted by atomic mass is 10.3. The average Bonchev–Trinajstić information content (AvgIpc) is 1.99. The number of aryl methyl sites for hydroxylation is 1. The molecule has 0 saturated heterocycles. The molecule has 0 saturated carbocycles. The molecule has 0 radical (unpaired) electrons. The van der Waals surface area contributed by atoms with E-state index in [2.05, 4.69) is 0 Å². The molecule has 1 aromatic heterocycles. The number of rotatable bonds is 1. The quantitative estimate of drug-likeness (QED) is 0.219. The number of pyridine rings is 1. The Morgan fingerprint density at radius 2 is 2.25 bits per heavy atom. The van der Waals surface area contributed by atoms with Crippen LogP contribution in [0.3, 0.4) is 0 Å². The second-order valence-electron chi connectivity index (χ2n) is 2.26. The zero-order valence-corrected chi connectivity index (χ0v) is 6.91. The first-order valence-corrected chi connectivity index (χ1v) is 3.44. The van der Waals surface area contributed by atoms with Crippen LogP contribution in [-0.2, 0) is 0 Å². The predicted molar refractivity (Wildman–Crippen MR) is 41.8 cm³/mol. The van der Waals surface area contributed by atoms with Crippen LogP contribution in [-0.4, -0.2) is 4.92 Å². The maximum absolute atomic E-state index is 10.8. The van der Waals surface area contributed by atoms with E-state index in [1.54, 1.807) is 0 Å². The molecule has 0 aliphatic rings. The number of nitro groups is 1. The van der Waals surface area contributed by atoms with Crippen molar-refractivity contribution in [2.75, 3.05) is 0 Å². The van der Waals surface area contributed by atoms with E-state index in [1.165, 1.54) is 13.0 Å². The van der Waals surface area contributed by atoms with Crippen molar-refractivity contribution in [2.45, 2.75) is 6.92 Å². The molecule has 12 heavy (non-hydrogen) atoms. The summed E-state index contributed by atoms with van der Waals surface area (Å²) in [4.78, 5) is 9.59. The number of aromatic nitrogens is 1. The number of nitrogens with zero attached hydrogens (tertiary/aromatic N) is 2. The normalized spacial score (nSPS) is 9.83. The van der Waals surface area contributed by atoms with Crippen LogP contribution in [0.25, 0.3) is 0 Å². The van der Waals surface area contributed by atoms with Gasteiger partial charge in [0.15, 0.2) is 0 Å². The zero-order valence-electron chi connectivity index (χ0n) is 6.15. The highest BCUT2D eigenvalue weighted by molar-refractivity contribution is 6.29. The molecule has 0 bridgehead atoms. The van der Waals surface area contributed by atoms with Crippen molar-refractivity contribution in [3.63, 3.8) is 0 Å². The summed E-state index contributed by atoms with van der Waals surface area (Å²) in [6, 6.07) is 1.25. The summed E-state index contributed by atoms with van der Waals surface area (Å²) < 4.78 is 0.273. The minimum Gasteiger partial charge on any atom is -0.617 e. The van der Waals surface area contributed by atoms with Gasteiger partial charge < -0.3 is 5.21 Å². The number of hydrogen-bond donors (Lipinski definition) is 0. The second-order valence-corrected chi connectivity index (χ2v) is 2.61. The van der Waals surface area contributed by atoms with Gasteiger partial charge in [-0.05, 0) is 18.5 Å². The van der Waals surface area contributed by atoms with Crippen molar-refractivity contribution in [3.05, 3.63) is 38.3 Å².